The fourth-order valence-electron chi connectivity index (χ4n) is 4.05. The third-order valence-corrected chi connectivity index (χ3v) is 5.98. The average molecular weight is 536 g/mol. The Morgan fingerprint density at radius 3 is 2.76 bits per heavy atom. The van der Waals surface area contributed by atoms with Crippen LogP contribution >= 0.6 is 15.9 Å². The first-order chi connectivity index (χ1) is 16.2. The van der Waals surface area contributed by atoms with E-state index >= 15 is 0 Å². The van der Waals surface area contributed by atoms with Gasteiger partial charge in [-0.2, -0.15) is 4.98 Å². The maximum atomic E-state index is 12.6. The number of aromatic amines is 1. The van der Waals surface area contributed by atoms with E-state index in [1.807, 2.05) is 0 Å². The summed E-state index contributed by atoms with van der Waals surface area (Å²) < 4.78 is 25.7. The van der Waals surface area contributed by atoms with Gasteiger partial charge in [0.25, 0.3) is 11.5 Å². The first kappa shape index (κ1) is 22.9. The molecule has 2 aliphatic heterocycles. The number of hydrogen-bond acceptors (Lipinski definition) is 9. The van der Waals surface area contributed by atoms with Crippen LogP contribution in [0.15, 0.2) is 39.9 Å². The van der Waals surface area contributed by atoms with Gasteiger partial charge in [-0.25, -0.2) is 4.98 Å². The van der Waals surface area contributed by atoms with Gasteiger partial charge in [0.15, 0.2) is 29.8 Å². The van der Waals surface area contributed by atoms with Crippen LogP contribution < -0.4 is 15.6 Å². The van der Waals surface area contributed by atoms with E-state index < -0.39 is 41.8 Å². The van der Waals surface area contributed by atoms with Crippen molar-refractivity contribution in [3.8, 4) is 5.75 Å². The van der Waals surface area contributed by atoms with Crippen molar-refractivity contribution in [2.24, 2.45) is 0 Å². The molecule has 0 saturated carbocycles. The Kier molecular flexibility index (Phi) is 5.90. The Morgan fingerprint density at radius 2 is 2.03 bits per heavy atom. The van der Waals surface area contributed by atoms with E-state index in [-0.39, 0.29) is 30.3 Å². The Balaban J connectivity index is 1.37. The van der Waals surface area contributed by atoms with E-state index in [9.17, 15) is 14.7 Å². The predicted molar refractivity (Wildman–Crippen MR) is 121 cm³/mol. The van der Waals surface area contributed by atoms with Crippen LogP contribution in [0.1, 0.15) is 20.1 Å². The number of aromatic nitrogens is 4. The number of imidazole rings is 1. The molecule has 1 aromatic carbocycles. The van der Waals surface area contributed by atoms with E-state index in [0.717, 1.165) is 4.47 Å². The molecule has 2 aromatic heterocycles. The smallest absolute Gasteiger partial charge is 0.280 e. The number of amides is 1. The molecule has 0 unspecified atom stereocenters. The number of carbonyl (C=O) groups is 1. The standard InChI is InChI=1S/C21H22BrN5O7/c1-21(2)33-15-12(7-28)32-19(16(15)34-21)27-9-23-14-17(27)25-20(26-18(14)30)24-13(29)8-31-11-5-3-10(22)4-6-11/h3-6,9,12,15-16,19,28H,7-8H2,1-2H3,(H2,24,25,26,29,30)/t12-,15+,16-,19-/m0/s1. The first-order valence-corrected chi connectivity index (χ1v) is 11.3. The van der Waals surface area contributed by atoms with Crippen LogP contribution in [-0.4, -0.2) is 67.8 Å². The number of aliphatic hydroxyl groups excluding tert-OH is 1. The number of hydrogen-bond donors (Lipinski definition) is 3. The maximum absolute atomic E-state index is 12.6. The van der Waals surface area contributed by atoms with Crippen LogP contribution in [0.2, 0.25) is 0 Å². The lowest BCUT2D eigenvalue weighted by molar-refractivity contribution is -0.199. The lowest BCUT2D eigenvalue weighted by atomic mass is 10.1. The molecule has 0 radical (unpaired) electrons. The summed E-state index contributed by atoms with van der Waals surface area (Å²) in [4.78, 5) is 35.9. The van der Waals surface area contributed by atoms with Gasteiger partial charge in [-0.1, -0.05) is 15.9 Å². The van der Waals surface area contributed by atoms with Gasteiger partial charge in [-0.3, -0.25) is 24.5 Å². The minimum Gasteiger partial charge on any atom is -0.484 e. The molecular weight excluding hydrogens is 514 g/mol. The normalized spacial score (nSPS) is 25.4. The number of carbonyl (C=O) groups excluding carboxylic acids is 1. The Hall–Kier alpha value is -2.84. The third-order valence-electron chi connectivity index (χ3n) is 5.45. The van der Waals surface area contributed by atoms with Crippen molar-refractivity contribution in [3.63, 3.8) is 0 Å². The first-order valence-electron chi connectivity index (χ1n) is 10.5. The summed E-state index contributed by atoms with van der Waals surface area (Å²) in [6.45, 7) is 3.00. The molecule has 4 atom stereocenters. The summed E-state index contributed by atoms with van der Waals surface area (Å²) in [5.74, 6) is -0.925. The fourth-order valence-corrected chi connectivity index (χ4v) is 4.31. The Morgan fingerprint density at radius 1 is 1.29 bits per heavy atom. The second kappa shape index (κ2) is 8.74. The quantitative estimate of drug-likeness (QED) is 0.424. The fraction of sp³-hybridized carbons (Fsp3) is 0.429. The summed E-state index contributed by atoms with van der Waals surface area (Å²) in [7, 11) is 0. The van der Waals surface area contributed by atoms with Crippen LogP contribution in [0, 0.1) is 0 Å². The molecule has 4 heterocycles. The molecule has 3 aromatic rings. The molecule has 2 saturated heterocycles. The van der Waals surface area contributed by atoms with E-state index in [1.165, 1.54) is 10.9 Å². The summed E-state index contributed by atoms with van der Waals surface area (Å²) in [5.41, 5.74) is -0.288. The zero-order valence-electron chi connectivity index (χ0n) is 18.2. The minimum absolute atomic E-state index is 0.0647. The van der Waals surface area contributed by atoms with Crippen LogP contribution in [-0.2, 0) is 19.0 Å². The number of aliphatic hydroxyl groups is 1. The number of halogens is 1. The van der Waals surface area contributed by atoms with E-state index in [1.54, 1.807) is 38.1 Å². The lowest BCUT2D eigenvalue weighted by Crippen LogP contribution is -2.31. The van der Waals surface area contributed by atoms with Crippen LogP contribution in [0.5, 0.6) is 5.75 Å². The second-order valence-corrected chi connectivity index (χ2v) is 9.26. The second-order valence-electron chi connectivity index (χ2n) is 8.34. The highest BCUT2D eigenvalue weighted by molar-refractivity contribution is 9.10. The molecule has 3 N–H and O–H groups in total. The van der Waals surface area contributed by atoms with Crippen molar-refractivity contribution in [2.75, 3.05) is 18.5 Å². The van der Waals surface area contributed by atoms with Gasteiger partial charge in [-0.15, -0.1) is 0 Å². The van der Waals surface area contributed by atoms with Crippen LogP contribution in [0.3, 0.4) is 0 Å². The number of anilines is 1. The molecule has 0 aliphatic carbocycles. The summed E-state index contributed by atoms with van der Waals surface area (Å²) in [6, 6.07) is 7.01. The largest absolute Gasteiger partial charge is 0.484 e. The molecule has 2 fully saturated rings. The molecule has 0 spiro atoms. The molecule has 5 rings (SSSR count). The number of nitrogens with zero attached hydrogens (tertiary/aromatic N) is 3. The van der Waals surface area contributed by atoms with Gasteiger partial charge >= 0.3 is 0 Å². The summed E-state index contributed by atoms with van der Waals surface area (Å²) in [6.07, 6.45) is -1.01. The van der Waals surface area contributed by atoms with Crippen LogP contribution in [0.25, 0.3) is 11.2 Å². The predicted octanol–water partition coefficient (Wildman–Crippen LogP) is 1.31. The van der Waals surface area contributed by atoms with Gasteiger partial charge in [-0.05, 0) is 38.1 Å². The summed E-state index contributed by atoms with van der Waals surface area (Å²) in [5, 5.41) is 12.3. The molecule has 0 bridgehead atoms. The van der Waals surface area contributed by atoms with E-state index in [0.29, 0.717) is 5.75 Å². The maximum Gasteiger partial charge on any atom is 0.280 e. The number of benzene rings is 1. The van der Waals surface area contributed by atoms with E-state index in [2.05, 4.69) is 36.2 Å². The number of fused-ring (bicyclic) bond motifs is 2. The minimum atomic E-state index is -0.861. The molecule has 1 amide bonds. The number of nitrogens with one attached hydrogen (secondary N) is 2. The molecule has 180 valence electrons. The highest BCUT2D eigenvalue weighted by Crippen LogP contribution is 2.43. The number of ether oxygens (including phenoxy) is 4. The summed E-state index contributed by atoms with van der Waals surface area (Å²) >= 11 is 3.33. The molecule has 13 heteroatoms. The monoisotopic (exact) mass is 535 g/mol. The molecule has 34 heavy (non-hydrogen) atoms. The SMILES string of the molecule is CC1(C)O[C@H]2[C@H](O1)[C@@H](n1cnc3c(=O)[nH]c(NC(=O)COc4ccc(Br)cc4)nc31)O[C@H]2CO. The molecule has 12 nitrogen and oxygen atoms in total. The highest BCUT2D eigenvalue weighted by atomic mass is 79.9. The number of H-pyrrole nitrogens is 1. The van der Waals surface area contributed by atoms with Gasteiger partial charge in [0.1, 0.15) is 24.1 Å². The zero-order valence-corrected chi connectivity index (χ0v) is 19.8. The zero-order chi connectivity index (χ0) is 24.0. The van der Waals surface area contributed by atoms with Crippen molar-refractivity contribution >= 4 is 38.9 Å². The van der Waals surface area contributed by atoms with Crippen molar-refractivity contribution < 1.29 is 28.8 Å². The van der Waals surface area contributed by atoms with Crippen molar-refractivity contribution in [1.82, 2.24) is 19.5 Å². The Bertz CT molecular complexity index is 1270. The van der Waals surface area contributed by atoms with Crippen molar-refractivity contribution in [3.05, 3.63) is 45.4 Å². The van der Waals surface area contributed by atoms with Crippen molar-refractivity contribution in [1.29, 1.82) is 0 Å². The van der Waals surface area contributed by atoms with Gasteiger partial charge in [0.05, 0.1) is 12.9 Å². The lowest BCUT2D eigenvalue weighted by Gasteiger charge is -2.24. The Labute approximate surface area is 201 Å². The van der Waals surface area contributed by atoms with Crippen molar-refractivity contribution in [2.45, 2.75) is 44.2 Å². The molecule has 2 aliphatic rings. The van der Waals surface area contributed by atoms with Gasteiger partial charge in [0, 0.05) is 4.47 Å². The third kappa shape index (κ3) is 4.32. The highest BCUT2D eigenvalue weighted by Gasteiger charge is 2.56. The molecular formula is C21H22BrN5O7. The van der Waals surface area contributed by atoms with E-state index in [4.69, 9.17) is 18.9 Å². The average Bonchev–Trinajstić information content (AvgIpc) is 3.44. The van der Waals surface area contributed by atoms with Crippen LogP contribution in [0.4, 0.5) is 5.95 Å². The van der Waals surface area contributed by atoms with Gasteiger partial charge in [0.2, 0.25) is 5.95 Å². The number of rotatable bonds is 6. The topological polar surface area (TPSA) is 150 Å². The van der Waals surface area contributed by atoms with Gasteiger partial charge < -0.3 is 24.1 Å².